The number of aliphatic imine (C=N–C) groups is 4. The molecule has 6 heterocycles. The number of aliphatic hydroxyl groups is 1. The van der Waals surface area contributed by atoms with Crippen LogP contribution in [-0.4, -0.2) is 65.9 Å². The molecule has 8 bridgehead atoms. The lowest BCUT2D eigenvalue weighted by molar-refractivity contribution is -0.211. The van der Waals surface area contributed by atoms with Crippen LogP contribution in [0.1, 0.15) is 53.9 Å². The molecule has 11 nitrogen and oxygen atoms in total. The van der Waals surface area contributed by atoms with Crippen molar-refractivity contribution in [1.82, 2.24) is 0 Å². The Balaban J connectivity index is 1.72. The van der Waals surface area contributed by atoms with Crippen LogP contribution in [0.4, 0.5) is 0 Å². The first kappa shape index (κ1) is 31.9. The molecule has 47 heavy (non-hydrogen) atoms. The second kappa shape index (κ2) is 11.6. The van der Waals surface area contributed by atoms with E-state index < -0.39 is 29.6 Å². The van der Waals surface area contributed by atoms with Gasteiger partial charge in [-0.1, -0.05) is 26.5 Å². The molecule has 0 radical (unpaired) electrons. The summed E-state index contributed by atoms with van der Waals surface area (Å²) in [7, 11) is 2.40. The van der Waals surface area contributed by atoms with Gasteiger partial charge in [-0.3, -0.25) is 9.79 Å². The van der Waals surface area contributed by atoms with Crippen LogP contribution < -0.4 is 0 Å². The summed E-state index contributed by atoms with van der Waals surface area (Å²) < 4.78 is 15.4. The summed E-state index contributed by atoms with van der Waals surface area (Å²) in [5.74, 6) is -6.23. The van der Waals surface area contributed by atoms with Crippen LogP contribution >= 0.6 is 0 Å². The Labute approximate surface area is 272 Å². The predicted molar refractivity (Wildman–Crippen MR) is 177 cm³/mol. The van der Waals surface area contributed by atoms with Crippen LogP contribution in [0.25, 0.3) is 0 Å². The van der Waals surface area contributed by atoms with Gasteiger partial charge in [0, 0.05) is 29.5 Å². The van der Waals surface area contributed by atoms with Crippen LogP contribution in [0.2, 0.25) is 0 Å². The number of esters is 3. The third-order valence-electron chi connectivity index (χ3n) is 9.61. The van der Waals surface area contributed by atoms with E-state index >= 15 is 0 Å². The van der Waals surface area contributed by atoms with Crippen molar-refractivity contribution in [1.29, 1.82) is 0 Å². The van der Waals surface area contributed by atoms with Gasteiger partial charge in [0.2, 0.25) is 0 Å². The highest BCUT2D eigenvalue weighted by atomic mass is 16.7. The zero-order valence-corrected chi connectivity index (χ0v) is 27.5. The van der Waals surface area contributed by atoms with Gasteiger partial charge < -0.3 is 19.3 Å². The fraction of sp³-hybridized carbons (Fsp3) is 0.361. The van der Waals surface area contributed by atoms with E-state index in [1.807, 2.05) is 39.8 Å². The maximum Gasteiger partial charge on any atom is 0.384 e. The summed E-state index contributed by atoms with van der Waals surface area (Å²) >= 11 is 0. The highest BCUT2D eigenvalue weighted by Gasteiger charge is 2.58. The lowest BCUT2D eigenvalue weighted by Crippen LogP contribution is -2.53. The number of methoxy groups -OCH3 is 2. The van der Waals surface area contributed by atoms with E-state index in [1.165, 1.54) is 7.11 Å². The summed E-state index contributed by atoms with van der Waals surface area (Å²) in [6.45, 7) is 13.7. The monoisotopic (exact) mass is 636 g/mol. The van der Waals surface area contributed by atoms with Crippen molar-refractivity contribution in [3.05, 3.63) is 92.7 Å². The molecule has 1 saturated heterocycles. The van der Waals surface area contributed by atoms with Gasteiger partial charge in [-0.15, -0.1) is 0 Å². The Hall–Kier alpha value is -5.03. The molecule has 11 heteroatoms. The van der Waals surface area contributed by atoms with E-state index in [-0.39, 0.29) is 41.3 Å². The number of hydrogen-bond acceptors (Lipinski definition) is 11. The Bertz CT molecular complexity index is 1940. The van der Waals surface area contributed by atoms with Gasteiger partial charge in [-0.05, 0) is 74.1 Å². The van der Waals surface area contributed by atoms with Gasteiger partial charge in [-0.2, -0.15) is 0 Å². The number of carbonyl (C=O) groups excluding carboxylic acids is 3. The minimum Gasteiger partial charge on any atom is -0.469 e. The normalized spacial score (nSPS) is 26.4. The van der Waals surface area contributed by atoms with E-state index in [0.717, 1.165) is 35.1 Å². The van der Waals surface area contributed by atoms with E-state index in [0.29, 0.717) is 40.5 Å². The van der Waals surface area contributed by atoms with Crippen molar-refractivity contribution < 1.29 is 33.7 Å². The lowest BCUT2D eigenvalue weighted by Gasteiger charge is -2.34. The molecule has 0 aliphatic carbocycles. The SMILES string of the molecule is C=CC1=C(C)C2=CC3=NC(=C4C5=NC(=CC6=NC(=CC1=N2)C(C)=C6CC)C(C)=C5C(=O)O[C@@]4(O)C(=O)OC)[C@@H](CCC(=O)OC)[C@@H]3C. The van der Waals surface area contributed by atoms with E-state index in [9.17, 15) is 19.5 Å². The Morgan fingerprint density at radius 1 is 0.979 bits per heavy atom. The van der Waals surface area contributed by atoms with Crippen LogP contribution in [-0.2, 0) is 28.6 Å². The molecule has 242 valence electrons. The van der Waals surface area contributed by atoms with Gasteiger partial charge in [0.15, 0.2) is 0 Å². The van der Waals surface area contributed by atoms with Gasteiger partial charge >= 0.3 is 23.7 Å². The lowest BCUT2D eigenvalue weighted by atomic mass is 9.81. The summed E-state index contributed by atoms with van der Waals surface area (Å²) in [6, 6.07) is 0. The fourth-order valence-electron chi connectivity index (χ4n) is 6.89. The predicted octanol–water partition coefficient (Wildman–Crippen LogP) is 4.89. The summed E-state index contributed by atoms with van der Waals surface area (Å²) in [4.78, 5) is 58.9. The van der Waals surface area contributed by atoms with E-state index in [4.69, 9.17) is 34.2 Å². The maximum absolute atomic E-state index is 13.5. The van der Waals surface area contributed by atoms with E-state index in [1.54, 1.807) is 19.1 Å². The summed E-state index contributed by atoms with van der Waals surface area (Å²) in [5, 5.41) is 11.9. The highest BCUT2D eigenvalue weighted by molar-refractivity contribution is 6.34. The van der Waals surface area contributed by atoms with Crippen molar-refractivity contribution in [2.24, 2.45) is 31.8 Å². The second-order valence-corrected chi connectivity index (χ2v) is 12.1. The number of rotatable bonds is 6. The first-order chi connectivity index (χ1) is 22.4. The van der Waals surface area contributed by atoms with Gasteiger partial charge in [-0.25, -0.2) is 24.6 Å². The first-order valence-electron chi connectivity index (χ1n) is 15.5. The number of carbonyl (C=O) groups is 3. The minimum absolute atomic E-state index is 0.0399. The number of fused-ring (bicyclic) bond motifs is 4. The van der Waals surface area contributed by atoms with Crippen molar-refractivity contribution in [3.63, 3.8) is 0 Å². The van der Waals surface area contributed by atoms with Crippen molar-refractivity contribution in [3.8, 4) is 0 Å². The Morgan fingerprint density at radius 2 is 1.64 bits per heavy atom. The maximum atomic E-state index is 13.5. The van der Waals surface area contributed by atoms with E-state index in [2.05, 4.69) is 6.58 Å². The zero-order chi connectivity index (χ0) is 33.9. The molecule has 0 saturated carbocycles. The molecule has 0 aromatic heterocycles. The average molecular weight is 637 g/mol. The minimum atomic E-state index is -2.85. The quantitative estimate of drug-likeness (QED) is 0.322. The molecule has 6 rings (SSSR count). The molecule has 0 unspecified atom stereocenters. The van der Waals surface area contributed by atoms with Crippen LogP contribution in [0.3, 0.4) is 0 Å². The zero-order valence-electron chi connectivity index (χ0n) is 27.5. The number of allylic oxidation sites excluding steroid dienone is 10. The molecule has 6 aliphatic heterocycles. The Morgan fingerprint density at radius 3 is 2.30 bits per heavy atom. The van der Waals surface area contributed by atoms with Gasteiger partial charge in [0.25, 0.3) is 0 Å². The molecular formula is C36H36N4O7. The molecular weight excluding hydrogens is 600 g/mol. The Kier molecular flexibility index (Phi) is 7.91. The van der Waals surface area contributed by atoms with Crippen LogP contribution in [0.15, 0.2) is 113 Å². The van der Waals surface area contributed by atoms with Gasteiger partial charge in [0.1, 0.15) is 0 Å². The van der Waals surface area contributed by atoms with Crippen molar-refractivity contribution in [2.45, 2.75) is 59.7 Å². The first-order valence-corrected chi connectivity index (χ1v) is 15.5. The molecule has 6 aliphatic rings. The molecule has 0 aromatic carbocycles. The molecule has 1 N–H and O–H groups in total. The smallest absolute Gasteiger partial charge is 0.384 e. The number of cyclic esters (lactones) is 1. The van der Waals surface area contributed by atoms with Crippen LogP contribution in [0, 0.1) is 11.8 Å². The number of nitrogens with zero attached hydrogens (tertiary/aromatic N) is 4. The third-order valence-corrected chi connectivity index (χ3v) is 9.61. The van der Waals surface area contributed by atoms with Crippen LogP contribution in [0.5, 0.6) is 0 Å². The van der Waals surface area contributed by atoms with Crippen molar-refractivity contribution in [2.75, 3.05) is 14.2 Å². The highest BCUT2D eigenvalue weighted by Crippen LogP contribution is 2.47. The number of hydrogen-bond donors (Lipinski definition) is 1. The molecule has 0 amide bonds. The second-order valence-electron chi connectivity index (χ2n) is 12.1. The largest absolute Gasteiger partial charge is 0.469 e. The summed E-state index contributed by atoms with van der Waals surface area (Å²) in [6.07, 6.45) is 8.37. The average Bonchev–Trinajstić information content (AvgIpc) is 3.72. The van der Waals surface area contributed by atoms with Crippen molar-refractivity contribution >= 4 is 40.8 Å². The standard InChI is InChI=1S/C36H36N4O7/c1-9-20-16(3)23-13-25-18(5)22(11-12-29(41)45-7)32(39-25)31-33-30(34(42)47-36(31,44)35(43)46-8)19(6)26(40-33)15-28-21(10-2)17(4)24(38-28)14-27(20)37-23/h9,13-15,18,22,44H,1,10-12H2,2-8H3/t18-,22-,36+/m0/s1. The molecule has 3 atom stereocenters. The molecule has 0 aromatic rings. The molecule has 1 fully saturated rings. The number of ether oxygens (including phenoxy) is 3. The van der Waals surface area contributed by atoms with Gasteiger partial charge in [0.05, 0.1) is 65.3 Å². The molecule has 0 spiro atoms. The topological polar surface area (TPSA) is 149 Å². The third kappa shape index (κ3) is 4.88. The summed E-state index contributed by atoms with van der Waals surface area (Å²) in [5.41, 5.74) is 8.37. The fourth-order valence-corrected chi connectivity index (χ4v) is 6.89.